The fourth-order valence-electron chi connectivity index (χ4n) is 2.70. The van der Waals surface area contributed by atoms with Gasteiger partial charge >= 0.3 is 5.56 Å². The molecule has 0 aliphatic heterocycles. The van der Waals surface area contributed by atoms with E-state index in [0.717, 1.165) is 17.5 Å². The lowest BCUT2D eigenvalue weighted by Crippen LogP contribution is -2.24. The lowest BCUT2D eigenvalue weighted by molar-refractivity contribution is 0.312. The number of hydrogen-bond acceptors (Lipinski definition) is 4. The zero-order chi connectivity index (χ0) is 20.1. The van der Waals surface area contributed by atoms with Gasteiger partial charge in [-0.25, -0.2) is 4.21 Å². The minimum absolute atomic E-state index is 0.0497. The minimum Gasteiger partial charge on any atom is -0.487 e. The first-order chi connectivity index (χ1) is 13.5. The van der Waals surface area contributed by atoms with Gasteiger partial charge < -0.3 is 9.29 Å². The van der Waals surface area contributed by atoms with Crippen LogP contribution in [0, 0.1) is 0 Å². The van der Waals surface area contributed by atoms with Crippen LogP contribution in [0.25, 0.3) is 16.8 Å². The number of hydrogen-bond donors (Lipinski definition) is 1. The van der Waals surface area contributed by atoms with Gasteiger partial charge in [-0.15, -0.1) is 0 Å². The van der Waals surface area contributed by atoms with Crippen molar-refractivity contribution in [3.8, 4) is 22.6 Å². The standard InChI is InChI=1S/C20H19ClN2O4S/c1-2-10-27-19-18(15-8-6-14(7-9-15)13-28(25)26)12-22-23(20(19)24)17-5-3-4-16(21)11-17/h3-9,11-12H,2,10,13H2,1H3,(H,25,26). The fourth-order valence-corrected chi connectivity index (χ4v) is 3.36. The van der Waals surface area contributed by atoms with Crippen LogP contribution in [0.15, 0.2) is 59.5 Å². The third-order valence-electron chi connectivity index (χ3n) is 3.99. The fraction of sp³-hybridized carbons (Fsp3) is 0.200. The van der Waals surface area contributed by atoms with Gasteiger partial charge in [0.05, 0.1) is 24.2 Å². The molecule has 3 aromatic rings. The van der Waals surface area contributed by atoms with Crippen molar-refractivity contribution in [3.05, 3.63) is 75.7 Å². The predicted molar refractivity (Wildman–Crippen MR) is 111 cm³/mol. The molecular formula is C20H19ClN2O4S. The van der Waals surface area contributed by atoms with Crippen LogP contribution >= 0.6 is 11.6 Å². The van der Waals surface area contributed by atoms with Crippen LogP contribution in [0.3, 0.4) is 0 Å². The Morgan fingerprint density at radius 3 is 2.61 bits per heavy atom. The van der Waals surface area contributed by atoms with E-state index in [0.29, 0.717) is 22.9 Å². The highest BCUT2D eigenvalue weighted by Gasteiger charge is 2.16. The zero-order valence-corrected chi connectivity index (χ0v) is 16.7. The van der Waals surface area contributed by atoms with E-state index in [1.54, 1.807) is 54.7 Å². The number of aromatic nitrogens is 2. The van der Waals surface area contributed by atoms with Crippen LogP contribution in [0.2, 0.25) is 5.02 Å². The van der Waals surface area contributed by atoms with E-state index < -0.39 is 11.1 Å². The van der Waals surface area contributed by atoms with E-state index in [1.165, 1.54) is 4.68 Å². The quantitative estimate of drug-likeness (QED) is 0.585. The molecule has 1 unspecified atom stereocenters. The molecule has 0 spiro atoms. The van der Waals surface area contributed by atoms with Crippen LogP contribution in [0.5, 0.6) is 5.75 Å². The third-order valence-corrected chi connectivity index (χ3v) is 4.81. The third kappa shape index (κ3) is 4.67. The number of halogens is 1. The van der Waals surface area contributed by atoms with E-state index in [-0.39, 0.29) is 17.1 Å². The molecular weight excluding hydrogens is 400 g/mol. The number of benzene rings is 2. The predicted octanol–water partition coefficient (Wildman–Crippen LogP) is 4.06. The molecule has 1 heterocycles. The topological polar surface area (TPSA) is 81.4 Å². The molecule has 0 aliphatic rings. The van der Waals surface area contributed by atoms with Crippen molar-refractivity contribution in [2.75, 3.05) is 6.61 Å². The van der Waals surface area contributed by atoms with Crippen LogP contribution in [-0.2, 0) is 16.8 Å². The van der Waals surface area contributed by atoms with Crippen molar-refractivity contribution < 1.29 is 13.5 Å². The molecule has 28 heavy (non-hydrogen) atoms. The molecule has 1 atom stereocenters. The molecule has 1 N–H and O–H groups in total. The molecule has 6 nitrogen and oxygen atoms in total. The monoisotopic (exact) mass is 418 g/mol. The molecule has 8 heteroatoms. The van der Waals surface area contributed by atoms with Crippen LogP contribution < -0.4 is 10.3 Å². The molecule has 3 rings (SSSR count). The second-order valence-electron chi connectivity index (χ2n) is 6.10. The smallest absolute Gasteiger partial charge is 0.314 e. The number of nitrogens with zero attached hydrogens (tertiary/aromatic N) is 2. The number of ether oxygens (including phenoxy) is 1. The summed E-state index contributed by atoms with van der Waals surface area (Å²) in [4.78, 5) is 13.1. The second kappa shape index (κ2) is 9.14. The van der Waals surface area contributed by atoms with Gasteiger partial charge in [-0.05, 0) is 35.7 Å². The Bertz CT molecular complexity index is 1050. The largest absolute Gasteiger partial charge is 0.487 e. The first kappa shape index (κ1) is 20.3. The van der Waals surface area contributed by atoms with Gasteiger partial charge in [0.2, 0.25) is 0 Å². The van der Waals surface area contributed by atoms with Crippen molar-refractivity contribution in [3.63, 3.8) is 0 Å². The molecule has 0 radical (unpaired) electrons. The van der Waals surface area contributed by atoms with Gasteiger partial charge in [0.25, 0.3) is 0 Å². The summed E-state index contributed by atoms with van der Waals surface area (Å²) in [6, 6.07) is 13.9. The molecule has 0 saturated carbocycles. The van der Waals surface area contributed by atoms with Crippen LogP contribution in [-0.4, -0.2) is 25.1 Å². The van der Waals surface area contributed by atoms with Crippen molar-refractivity contribution in [1.82, 2.24) is 9.78 Å². The lowest BCUT2D eigenvalue weighted by atomic mass is 10.1. The first-order valence-corrected chi connectivity index (χ1v) is 10.3. The molecule has 0 aliphatic carbocycles. The van der Waals surface area contributed by atoms with Gasteiger partial charge in [-0.3, -0.25) is 4.79 Å². The summed E-state index contributed by atoms with van der Waals surface area (Å²) in [5.41, 5.74) is 2.19. The van der Waals surface area contributed by atoms with Crippen LogP contribution in [0.1, 0.15) is 18.9 Å². The normalized spacial score (nSPS) is 12.0. The summed E-state index contributed by atoms with van der Waals surface area (Å²) in [7, 11) is 0. The van der Waals surface area contributed by atoms with Gasteiger partial charge in [-0.1, -0.05) is 48.9 Å². The van der Waals surface area contributed by atoms with E-state index in [4.69, 9.17) is 20.9 Å². The maximum Gasteiger partial charge on any atom is 0.314 e. The SMILES string of the molecule is CCCOc1c(-c2ccc(CS(=O)O)cc2)cnn(-c2cccc(Cl)c2)c1=O. The maximum atomic E-state index is 13.1. The first-order valence-electron chi connectivity index (χ1n) is 8.67. The highest BCUT2D eigenvalue weighted by atomic mass is 35.5. The molecule has 1 aromatic heterocycles. The highest BCUT2D eigenvalue weighted by Crippen LogP contribution is 2.27. The lowest BCUT2D eigenvalue weighted by Gasteiger charge is -2.13. The Labute approximate surface area is 170 Å². The molecule has 0 amide bonds. The second-order valence-corrected chi connectivity index (χ2v) is 7.46. The molecule has 0 saturated heterocycles. The van der Waals surface area contributed by atoms with Crippen molar-refractivity contribution >= 4 is 22.7 Å². The molecule has 0 fully saturated rings. The van der Waals surface area contributed by atoms with E-state index in [9.17, 15) is 9.00 Å². The summed E-state index contributed by atoms with van der Waals surface area (Å²) in [6.45, 7) is 2.35. The summed E-state index contributed by atoms with van der Waals surface area (Å²) in [6.07, 6.45) is 2.33. The molecule has 146 valence electrons. The zero-order valence-electron chi connectivity index (χ0n) is 15.2. The Kier molecular flexibility index (Phi) is 6.61. The number of rotatable bonds is 7. The average Bonchev–Trinajstić information content (AvgIpc) is 2.67. The van der Waals surface area contributed by atoms with Gasteiger partial charge in [0.15, 0.2) is 16.8 Å². The van der Waals surface area contributed by atoms with E-state index in [2.05, 4.69) is 5.10 Å². The summed E-state index contributed by atoms with van der Waals surface area (Å²) < 4.78 is 27.0. The Morgan fingerprint density at radius 2 is 1.96 bits per heavy atom. The average molecular weight is 419 g/mol. The van der Waals surface area contributed by atoms with Gasteiger partial charge in [0, 0.05) is 10.6 Å². The highest BCUT2D eigenvalue weighted by molar-refractivity contribution is 7.78. The van der Waals surface area contributed by atoms with Gasteiger partial charge in [-0.2, -0.15) is 9.78 Å². The van der Waals surface area contributed by atoms with E-state index in [1.807, 2.05) is 6.92 Å². The Morgan fingerprint density at radius 1 is 1.21 bits per heavy atom. The summed E-state index contributed by atoms with van der Waals surface area (Å²) >= 11 is 4.13. The Balaban J connectivity index is 2.07. The molecule has 0 bridgehead atoms. The summed E-state index contributed by atoms with van der Waals surface area (Å²) in [5.74, 6) is 0.254. The minimum atomic E-state index is -1.91. The van der Waals surface area contributed by atoms with Crippen molar-refractivity contribution in [1.29, 1.82) is 0 Å². The molecule has 2 aromatic carbocycles. The van der Waals surface area contributed by atoms with Crippen molar-refractivity contribution in [2.45, 2.75) is 19.1 Å². The summed E-state index contributed by atoms with van der Waals surface area (Å²) in [5, 5.41) is 4.79. The van der Waals surface area contributed by atoms with Gasteiger partial charge in [0.1, 0.15) is 0 Å². The van der Waals surface area contributed by atoms with Crippen LogP contribution in [0.4, 0.5) is 0 Å². The maximum absolute atomic E-state index is 13.1. The van der Waals surface area contributed by atoms with Crippen molar-refractivity contribution in [2.24, 2.45) is 0 Å². The Hall–Kier alpha value is -2.48. The van der Waals surface area contributed by atoms with E-state index >= 15 is 0 Å².